The maximum Gasteiger partial charge on any atom is 3.00 e. The van der Waals surface area contributed by atoms with Gasteiger partial charge in [-0.1, -0.05) is 49.7 Å². The van der Waals surface area contributed by atoms with Crippen molar-refractivity contribution in [3.05, 3.63) is 138 Å². The van der Waals surface area contributed by atoms with Crippen molar-refractivity contribution in [2.75, 3.05) is 0 Å². The molecule has 0 aliphatic heterocycles. The van der Waals surface area contributed by atoms with Crippen LogP contribution in [-0.2, 0) is 32.6 Å². The molecule has 4 aromatic rings. The molecule has 0 atom stereocenters. The summed E-state index contributed by atoms with van der Waals surface area (Å²) in [6.07, 6.45) is 1.05. The molecule has 0 N–H and O–H groups in total. The van der Waals surface area contributed by atoms with Crippen molar-refractivity contribution in [2.45, 2.75) is 20.3 Å². The van der Waals surface area contributed by atoms with E-state index in [0.717, 1.165) is 6.42 Å². The molecule has 133 valence electrons. The van der Waals surface area contributed by atoms with E-state index in [0.29, 0.717) is 0 Å². The molecule has 0 aromatic heterocycles. The number of benzene rings is 3. The van der Waals surface area contributed by atoms with Crippen LogP contribution in [-0.4, -0.2) is 0 Å². The van der Waals surface area contributed by atoms with Crippen LogP contribution in [0.25, 0.3) is 0 Å². The summed E-state index contributed by atoms with van der Waals surface area (Å²) in [5, 5.41) is 0. The van der Waals surface area contributed by atoms with Crippen LogP contribution < -0.4 is 0 Å². The average Bonchev–Trinajstić information content (AvgIpc) is 3.18. The van der Waals surface area contributed by atoms with E-state index < -0.39 is 0 Å². The molecule has 0 bridgehead atoms. The van der Waals surface area contributed by atoms with Gasteiger partial charge >= 0.3 is 26.2 Å². The molecule has 0 fully saturated rings. The third-order valence-electron chi connectivity index (χ3n) is 3.71. The Labute approximate surface area is 183 Å². The Balaban J connectivity index is 0.000000211. The van der Waals surface area contributed by atoms with Crippen LogP contribution >= 0.6 is 0 Å². The van der Waals surface area contributed by atoms with Crippen molar-refractivity contribution >= 4 is 0 Å². The number of hydrogen-bond acceptors (Lipinski definition) is 0. The van der Waals surface area contributed by atoms with Gasteiger partial charge in [-0.3, -0.25) is 0 Å². The van der Waals surface area contributed by atoms with Crippen LogP contribution in [0.3, 0.4) is 0 Å². The molecule has 0 aliphatic rings. The first-order valence-electron chi connectivity index (χ1n) is 8.84. The normalized spacial score (nSPS) is 8.96. The molecule has 4 rings (SSSR count). The minimum absolute atomic E-state index is 0. The molecule has 1 heteroatoms. The Morgan fingerprint density at radius 2 is 1.19 bits per heavy atom. The van der Waals surface area contributed by atoms with E-state index in [2.05, 4.69) is 92.7 Å². The molecule has 0 heterocycles. The molecule has 0 unspecified atom stereocenters. The van der Waals surface area contributed by atoms with Gasteiger partial charge in [0, 0.05) is 0 Å². The molecule has 0 aliphatic carbocycles. The predicted molar refractivity (Wildman–Crippen MR) is 111 cm³/mol. The molecular weight excluding hydrogens is 404 g/mol. The zero-order valence-corrected chi connectivity index (χ0v) is 18.5. The smallest absolute Gasteiger partial charge is 0.213 e. The van der Waals surface area contributed by atoms with Crippen LogP contribution in [0.4, 0.5) is 0 Å². The van der Waals surface area contributed by atoms with Crippen molar-refractivity contribution < 1.29 is 26.2 Å². The molecule has 4 aromatic carbocycles. The quantitative estimate of drug-likeness (QED) is 0.316. The standard InChI is InChI=1S/C12H11.2C7H7.Zr/c1-2-6-11(7-3-1)10-12-8-4-5-9-12;2*1-7-5-3-2-4-6-7;/h1-9H,10H2;2*2-3,5-6H,1H3;/q3*-1;+3. The zero-order chi connectivity index (χ0) is 18.5. The van der Waals surface area contributed by atoms with Crippen LogP contribution in [0.5, 0.6) is 0 Å². The Hall–Kier alpha value is -2.11. The number of rotatable bonds is 2. The summed E-state index contributed by atoms with van der Waals surface area (Å²) in [5.74, 6) is 0. The third-order valence-corrected chi connectivity index (χ3v) is 3.71. The van der Waals surface area contributed by atoms with Gasteiger partial charge in [0.15, 0.2) is 0 Å². The van der Waals surface area contributed by atoms with Crippen LogP contribution in [0.15, 0.2) is 103 Å². The molecule has 0 spiro atoms. The molecule has 27 heavy (non-hydrogen) atoms. The number of hydrogen-bond donors (Lipinski definition) is 0. The van der Waals surface area contributed by atoms with Crippen LogP contribution in [0.1, 0.15) is 22.3 Å². The first kappa shape index (κ1) is 22.9. The Bertz CT molecular complexity index is 767. The van der Waals surface area contributed by atoms with E-state index in [4.69, 9.17) is 0 Å². The van der Waals surface area contributed by atoms with Crippen molar-refractivity contribution in [1.29, 1.82) is 0 Å². The zero-order valence-electron chi connectivity index (χ0n) is 16.0. The third kappa shape index (κ3) is 10.6. The summed E-state index contributed by atoms with van der Waals surface area (Å²) in [4.78, 5) is 0. The van der Waals surface area contributed by atoms with E-state index in [1.165, 1.54) is 22.3 Å². The predicted octanol–water partition coefficient (Wildman–Crippen LogP) is 6.58. The van der Waals surface area contributed by atoms with Gasteiger partial charge in [-0.2, -0.15) is 89.5 Å². The second kappa shape index (κ2) is 14.0. The van der Waals surface area contributed by atoms with Gasteiger partial charge in [-0.05, 0) is 6.42 Å². The fourth-order valence-corrected chi connectivity index (χ4v) is 2.33. The van der Waals surface area contributed by atoms with Gasteiger partial charge in [0.05, 0.1) is 0 Å². The van der Waals surface area contributed by atoms with Gasteiger partial charge < -0.3 is 0 Å². The van der Waals surface area contributed by atoms with E-state index >= 15 is 0 Å². The second-order valence-electron chi connectivity index (χ2n) is 6.12. The summed E-state index contributed by atoms with van der Waals surface area (Å²) in [6.45, 7) is 4.10. The largest absolute Gasteiger partial charge is 3.00 e. The van der Waals surface area contributed by atoms with Gasteiger partial charge in [0.2, 0.25) is 0 Å². The van der Waals surface area contributed by atoms with E-state index in [1.54, 1.807) is 0 Å². The monoisotopic (exact) mass is 427 g/mol. The average molecular weight is 429 g/mol. The van der Waals surface area contributed by atoms with Crippen LogP contribution in [0.2, 0.25) is 0 Å². The fourth-order valence-electron chi connectivity index (χ4n) is 2.33. The van der Waals surface area contributed by atoms with E-state index in [9.17, 15) is 0 Å². The van der Waals surface area contributed by atoms with Crippen molar-refractivity contribution in [1.82, 2.24) is 0 Å². The van der Waals surface area contributed by atoms with Crippen molar-refractivity contribution in [2.24, 2.45) is 0 Å². The van der Waals surface area contributed by atoms with Crippen molar-refractivity contribution in [3.63, 3.8) is 0 Å². The van der Waals surface area contributed by atoms with Gasteiger partial charge in [0.25, 0.3) is 0 Å². The summed E-state index contributed by atoms with van der Waals surface area (Å²) in [6, 6.07) is 40.7. The summed E-state index contributed by atoms with van der Waals surface area (Å²) in [5.41, 5.74) is 5.30. The van der Waals surface area contributed by atoms with Gasteiger partial charge in [-0.25, -0.2) is 12.1 Å². The van der Waals surface area contributed by atoms with E-state index in [1.807, 2.05) is 36.4 Å². The topological polar surface area (TPSA) is 0 Å². The molecule has 1 radical (unpaired) electrons. The molecule has 0 nitrogen and oxygen atoms in total. The molecule has 0 saturated carbocycles. The summed E-state index contributed by atoms with van der Waals surface area (Å²) < 4.78 is 0. The minimum atomic E-state index is 0. The Kier molecular flexibility index (Phi) is 11.9. The summed E-state index contributed by atoms with van der Waals surface area (Å²) in [7, 11) is 0. The molecule has 0 amide bonds. The Morgan fingerprint density at radius 3 is 1.56 bits per heavy atom. The second-order valence-corrected chi connectivity index (χ2v) is 6.12. The first-order valence-corrected chi connectivity index (χ1v) is 8.84. The minimum Gasteiger partial charge on any atom is -0.213 e. The van der Waals surface area contributed by atoms with Crippen LogP contribution in [0, 0.1) is 26.0 Å². The molecule has 0 saturated heterocycles. The van der Waals surface area contributed by atoms with E-state index in [-0.39, 0.29) is 26.2 Å². The Morgan fingerprint density at radius 1 is 0.667 bits per heavy atom. The number of aryl methyl sites for hydroxylation is 2. The maximum absolute atomic E-state index is 2.96. The SMILES string of the molecule is Cc1c[c-]ccc1.Cc1c[c-]ccc1.[Zr+3].c1ccc(C[c-]2cccc2)cc1. The first-order chi connectivity index (χ1) is 12.7. The molecular formula is C26H25Zr. The van der Waals surface area contributed by atoms with Gasteiger partial charge in [0.1, 0.15) is 0 Å². The van der Waals surface area contributed by atoms with Gasteiger partial charge in [-0.15, -0.1) is 0 Å². The maximum atomic E-state index is 2.96. The summed E-state index contributed by atoms with van der Waals surface area (Å²) >= 11 is 0. The van der Waals surface area contributed by atoms with Crippen molar-refractivity contribution in [3.8, 4) is 0 Å². The fraction of sp³-hybridized carbons (Fsp3) is 0.115.